The fourth-order valence-corrected chi connectivity index (χ4v) is 3.70. The zero-order chi connectivity index (χ0) is 20.7. The maximum absolute atomic E-state index is 13.0. The van der Waals surface area contributed by atoms with Gasteiger partial charge in [0.05, 0.1) is 25.2 Å². The van der Waals surface area contributed by atoms with Crippen LogP contribution in [0.1, 0.15) is 26.7 Å². The van der Waals surface area contributed by atoms with Gasteiger partial charge in [0.25, 0.3) is 0 Å². The van der Waals surface area contributed by atoms with E-state index in [2.05, 4.69) is 5.32 Å². The number of ether oxygens (including phenoxy) is 1. The molecule has 28 heavy (non-hydrogen) atoms. The molecule has 2 aliphatic heterocycles. The first-order valence-electron chi connectivity index (χ1n) is 10.1. The number of urea groups is 1. The summed E-state index contributed by atoms with van der Waals surface area (Å²) in [5.74, 6) is -0.621. The first-order valence-corrected chi connectivity index (χ1v) is 10.1. The number of nitrogens with one attached hydrogen (secondary N) is 1. The number of hydrogen-bond acceptors (Lipinski definition) is 5. The van der Waals surface area contributed by atoms with Gasteiger partial charge in [-0.3, -0.25) is 14.5 Å². The summed E-state index contributed by atoms with van der Waals surface area (Å²) in [5, 5.41) is 11.8. The highest BCUT2D eigenvalue weighted by Crippen LogP contribution is 2.20. The van der Waals surface area contributed by atoms with Gasteiger partial charge in [0.2, 0.25) is 5.91 Å². The lowest BCUT2D eigenvalue weighted by Gasteiger charge is -2.39. The second-order valence-electron chi connectivity index (χ2n) is 8.23. The molecule has 0 saturated carbocycles. The molecule has 9 nitrogen and oxygen atoms in total. The maximum Gasteiger partial charge on any atom is 0.317 e. The van der Waals surface area contributed by atoms with Crippen molar-refractivity contribution in [2.75, 3.05) is 59.5 Å². The fourth-order valence-electron chi connectivity index (χ4n) is 3.70. The van der Waals surface area contributed by atoms with Crippen LogP contribution in [0.4, 0.5) is 4.79 Å². The van der Waals surface area contributed by atoms with Crippen LogP contribution >= 0.6 is 0 Å². The average molecular weight is 399 g/mol. The minimum Gasteiger partial charge on any atom is -0.480 e. The Morgan fingerprint density at radius 3 is 2.64 bits per heavy atom. The summed E-state index contributed by atoms with van der Waals surface area (Å²) < 4.78 is 5.71. The van der Waals surface area contributed by atoms with Gasteiger partial charge >= 0.3 is 12.0 Å². The van der Waals surface area contributed by atoms with Crippen molar-refractivity contribution < 1.29 is 24.2 Å². The van der Waals surface area contributed by atoms with Gasteiger partial charge in [-0.05, 0) is 25.8 Å². The van der Waals surface area contributed by atoms with Crippen LogP contribution in [0.2, 0.25) is 0 Å². The second-order valence-corrected chi connectivity index (χ2v) is 8.23. The number of carbonyl (C=O) groups excluding carboxylic acids is 2. The first kappa shape index (κ1) is 22.4. The summed E-state index contributed by atoms with van der Waals surface area (Å²) in [7, 11) is 1.73. The number of likely N-dealkylation sites (N-methyl/N-ethyl adjacent to an activating group) is 1. The standard InChI is InChI=1S/C19H34N4O5/c1-14(2)9-20-19(27)23-6-4-5-15(10-23)18(26)22-7-8-28-16(12-22)11-21(3)13-17(24)25/h14-16H,4-13H2,1-3H3,(H,20,27)(H,24,25). The molecule has 0 aliphatic carbocycles. The molecule has 2 rings (SSSR count). The van der Waals surface area contributed by atoms with Gasteiger partial charge in [0, 0.05) is 39.3 Å². The van der Waals surface area contributed by atoms with Gasteiger partial charge in [-0.2, -0.15) is 0 Å². The third-order valence-electron chi connectivity index (χ3n) is 5.09. The van der Waals surface area contributed by atoms with E-state index in [1.54, 1.807) is 16.8 Å². The zero-order valence-electron chi connectivity index (χ0n) is 17.2. The van der Waals surface area contributed by atoms with Crippen molar-refractivity contribution in [1.82, 2.24) is 20.0 Å². The van der Waals surface area contributed by atoms with E-state index in [0.29, 0.717) is 51.8 Å². The van der Waals surface area contributed by atoms with Crippen LogP contribution in [0, 0.1) is 11.8 Å². The number of rotatable bonds is 7. The molecular formula is C19H34N4O5. The molecule has 0 spiro atoms. The number of carboxylic acids is 1. The van der Waals surface area contributed by atoms with Crippen molar-refractivity contribution in [2.24, 2.45) is 11.8 Å². The van der Waals surface area contributed by atoms with E-state index in [0.717, 1.165) is 12.8 Å². The predicted octanol–water partition coefficient (Wildman–Crippen LogP) is 0.308. The Morgan fingerprint density at radius 1 is 1.21 bits per heavy atom. The SMILES string of the molecule is CC(C)CNC(=O)N1CCCC(C(=O)N2CCOC(CN(C)CC(=O)O)C2)C1. The van der Waals surface area contributed by atoms with Crippen molar-refractivity contribution in [3.05, 3.63) is 0 Å². The van der Waals surface area contributed by atoms with Gasteiger partial charge in [0.1, 0.15) is 0 Å². The molecule has 0 radical (unpaired) electrons. The van der Waals surface area contributed by atoms with Crippen LogP contribution < -0.4 is 5.32 Å². The third kappa shape index (κ3) is 6.94. The van der Waals surface area contributed by atoms with Crippen LogP contribution in [0.15, 0.2) is 0 Å². The normalized spacial score (nSPS) is 23.2. The van der Waals surface area contributed by atoms with Crippen molar-refractivity contribution >= 4 is 17.9 Å². The van der Waals surface area contributed by atoms with E-state index in [1.165, 1.54) is 0 Å². The molecule has 0 aromatic rings. The molecule has 3 amide bonds. The van der Waals surface area contributed by atoms with Crippen LogP contribution in [0.5, 0.6) is 0 Å². The van der Waals surface area contributed by atoms with E-state index in [1.807, 2.05) is 18.7 Å². The first-order chi connectivity index (χ1) is 13.3. The lowest BCUT2D eigenvalue weighted by Crippen LogP contribution is -2.54. The van der Waals surface area contributed by atoms with Gasteiger partial charge in [-0.25, -0.2) is 4.79 Å². The lowest BCUT2D eigenvalue weighted by atomic mass is 9.96. The third-order valence-corrected chi connectivity index (χ3v) is 5.09. The van der Waals surface area contributed by atoms with Gasteiger partial charge in [0.15, 0.2) is 0 Å². The van der Waals surface area contributed by atoms with E-state index < -0.39 is 5.97 Å². The Kier molecular flexibility index (Phi) is 8.50. The molecule has 2 atom stereocenters. The Hall–Kier alpha value is -1.87. The number of aliphatic carboxylic acids is 1. The Labute approximate surface area is 167 Å². The van der Waals surface area contributed by atoms with E-state index in [-0.39, 0.29) is 30.5 Å². The summed E-state index contributed by atoms with van der Waals surface area (Å²) in [4.78, 5) is 41.4. The zero-order valence-corrected chi connectivity index (χ0v) is 17.2. The van der Waals surface area contributed by atoms with Crippen LogP contribution in [-0.4, -0.2) is 103 Å². The number of carbonyl (C=O) groups is 3. The Bertz CT molecular complexity index is 556. The number of piperidine rings is 1. The van der Waals surface area contributed by atoms with E-state index >= 15 is 0 Å². The van der Waals surface area contributed by atoms with Crippen molar-refractivity contribution in [3.63, 3.8) is 0 Å². The highest BCUT2D eigenvalue weighted by molar-refractivity contribution is 5.81. The van der Waals surface area contributed by atoms with Crippen molar-refractivity contribution in [1.29, 1.82) is 0 Å². The number of amides is 3. The summed E-state index contributed by atoms with van der Waals surface area (Å²) in [6, 6.07) is -0.0960. The summed E-state index contributed by atoms with van der Waals surface area (Å²) >= 11 is 0. The molecule has 0 aromatic carbocycles. The predicted molar refractivity (Wildman–Crippen MR) is 104 cm³/mol. The van der Waals surface area contributed by atoms with E-state index in [4.69, 9.17) is 9.84 Å². The summed E-state index contributed by atoms with van der Waals surface area (Å²) in [6.07, 6.45) is 1.41. The fraction of sp³-hybridized carbons (Fsp3) is 0.842. The maximum atomic E-state index is 13.0. The topological polar surface area (TPSA) is 102 Å². The molecule has 0 aromatic heterocycles. The summed E-state index contributed by atoms with van der Waals surface area (Å²) in [5.41, 5.74) is 0. The van der Waals surface area contributed by atoms with Crippen molar-refractivity contribution in [2.45, 2.75) is 32.8 Å². The second kappa shape index (κ2) is 10.6. The van der Waals surface area contributed by atoms with Crippen LogP contribution in [0.25, 0.3) is 0 Å². The number of nitrogens with zero attached hydrogens (tertiary/aromatic N) is 3. The summed E-state index contributed by atoms with van der Waals surface area (Å²) in [6.45, 7) is 7.69. The molecule has 160 valence electrons. The molecule has 9 heteroatoms. The molecule has 2 N–H and O–H groups in total. The van der Waals surface area contributed by atoms with Gasteiger partial charge in [-0.15, -0.1) is 0 Å². The molecule has 2 aliphatic rings. The smallest absolute Gasteiger partial charge is 0.317 e. The van der Waals surface area contributed by atoms with Crippen LogP contribution in [-0.2, 0) is 14.3 Å². The van der Waals surface area contributed by atoms with Gasteiger partial charge < -0.3 is 25.0 Å². The number of hydrogen-bond donors (Lipinski definition) is 2. The average Bonchev–Trinajstić information content (AvgIpc) is 2.65. The number of likely N-dealkylation sites (tertiary alicyclic amines) is 1. The Balaban J connectivity index is 1.86. The minimum atomic E-state index is -0.885. The molecule has 2 fully saturated rings. The number of morpholine rings is 1. The highest BCUT2D eigenvalue weighted by Gasteiger charge is 2.34. The minimum absolute atomic E-state index is 0.0587. The molecule has 2 heterocycles. The molecular weight excluding hydrogens is 364 g/mol. The Morgan fingerprint density at radius 2 is 1.96 bits per heavy atom. The van der Waals surface area contributed by atoms with Crippen LogP contribution in [0.3, 0.4) is 0 Å². The quantitative estimate of drug-likeness (QED) is 0.640. The molecule has 0 bridgehead atoms. The van der Waals surface area contributed by atoms with E-state index in [9.17, 15) is 14.4 Å². The lowest BCUT2D eigenvalue weighted by molar-refractivity contribution is -0.146. The number of carboxylic acid groups (broad SMARTS) is 1. The van der Waals surface area contributed by atoms with Gasteiger partial charge in [-0.1, -0.05) is 13.8 Å². The monoisotopic (exact) mass is 398 g/mol. The highest BCUT2D eigenvalue weighted by atomic mass is 16.5. The largest absolute Gasteiger partial charge is 0.480 e. The molecule has 2 unspecified atom stereocenters. The van der Waals surface area contributed by atoms with Crippen molar-refractivity contribution in [3.8, 4) is 0 Å². The molecule has 2 saturated heterocycles.